The first-order valence-electron chi connectivity index (χ1n) is 5.09. The Bertz CT molecular complexity index is 397. The summed E-state index contributed by atoms with van der Waals surface area (Å²) in [5.41, 5.74) is 1.30. The summed E-state index contributed by atoms with van der Waals surface area (Å²) in [6.07, 6.45) is 0. The summed E-state index contributed by atoms with van der Waals surface area (Å²) in [4.78, 5) is 21.8. The van der Waals surface area contributed by atoms with E-state index in [1.807, 2.05) is 6.92 Å². The molecule has 17 heavy (non-hydrogen) atoms. The summed E-state index contributed by atoms with van der Waals surface area (Å²) in [5.74, 6) is -0.450. The smallest absolute Gasteiger partial charge is 0.313 e. The fraction of sp³-hybridized carbons (Fsp3) is 0.500. The number of carboxylic acid groups (broad SMARTS) is 1. The molecule has 0 saturated heterocycles. The predicted molar refractivity (Wildman–Crippen MR) is 65.2 cm³/mol. The van der Waals surface area contributed by atoms with Gasteiger partial charge in [0.15, 0.2) is 0 Å². The van der Waals surface area contributed by atoms with Gasteiger partial charge in [-0.05, 0) is 13.0 Å². The molecule has 0 aliphatic heterocycles. The first-order chi connectivity index (χ1) is 8.00. The minimum absolute atomic E-state index is 0.0541. The molecule has 0 unspecified atom stereocenters. The summed E-state index contributed by atoms with van der Waals surface area (Å²) in [7, 11) is 1.77. The number of aliphatic carboxylic acids is 1. The average molecular weight is 257 g/mol. The molecule has 0 saturated carbocycles. The highest BCUT2D eigenvalue weighted by Gasteiger charge is 2.09. The lowest BCUT2D eigenvalue weighted by Crippen LogP contribution is -2.26. The molecule has 2 N–H and O–H groups in total. The molecular weight excluding hydrogens is 242 g/mol. The Hall–Kier alpha value is -1.50. The summed E-state index contributed by atoms with van der Waals surface area (Å²) in [6, 6.07) is 1.71. The molecule has 0 radical (unpaired) electrons. The second-order valence-corrected chi connectivity index (χ2v) is 4.60. The van der Waals surface area contributed by atoms with E-state index in [0.29, 0.717) is 18.0 Å². The second kappa shape index (κ2) is 6.29. The topological polar surface area (TPSA) is 84.2 Å². The number of aryl methyl sites for hydroxylation is 2. The third-order valence-electron chi connectivity index (χ3n) is 2.10. The number of thioether (sulfide) groups is 1. The highest BCUT2D eigenvalue weighted by molar-refractivity contribution is 7.99. The van der Waals surface area contributed by atoms with Crippen molar-refractivity contribution in [2.45, 2.75) is 6.92 Å². The minimum atomic E-state index is -0.846. The van der Waals surface area contributed by atoms with Crippen LogP contribution in [-0.2, 0) is 11.8 Å². The summed E-state index contributed by atoms with van der Waals surface area (Å²) in [6.45, 7) is 2.30. The number of hydrogen-bond acceptors (Lipinski definition) is 4. The molecule has 1 amide bonds. The van der Waals surface area contributed by atoms with Crippen LogP contribution in [0.1, 0.15) is 16.2 Å². The number of carbonyl (C=O) groups is 2. The molecule has 1 rings (SSSR count). The minimum Gasteiger partial charge on any atom is -0.481 e. The van der Waals surface area contributed by atoms with Crippen LogP contribution in [0.15, 0.2) is 6.07 Å². The van der Waals surface area contributed by atoms with E-state index in [0.717, 1.165) is 5.69 Å². The van der Waals surface area contributed by atoms with Crippen LogP contribution in [0.25, 0.3) is 0 Å². The normalized spacial score (nSPS) is 10.2. The Morgan fingerprint density at radius 2 is 2.29 bits per heavy atom. The molecule has 1 heterocycles. The average Bonchev–Trinajstić information content (AvgIpc) is 2.58. The third-order valence-corrected chi connectivity index (χ3v) is 3.05. The number of rotatable bonds is 6. The molecule has 0 fully saturated rings. The molecule has 0 bridgehead atoms. The maximum atomic E-state index is 11.6. The van der Waals surface area contributed by atoms with E-state index in [4.69, 9.17) is 5.11 Å². The van der Waals surface area contributed by atoms with Gasteiger partial charge in [0.05, 0.1) is 5.75 Å². The second-order valence-electron chi connectivity index (χ2n) is 3.50. The van der Waals surface area contributed by atoms with E-state index >= 15 is 0 Å². The Morgan fingerprint density at radius 3 is 2.82 bits per heavy atom. The molecule has 1 aromatic rings. The standard InChI is InChI=1S/C10H15N3O3S/c1-7-5-8(12-13(7)2)10(16)11-3-4-17-6-9(14)15/h5H,3-4,6H2,1-2H3,(H,11,16)(H,14,15). The monoisotopic (exact) mass is 257 g/mol. The van der Waals surface area contributed by atoms with Gasteiger partial charge in [0.25, 0.3) is 5.91 Å². The molecule has 0 aliphatic rings. The van der Waals surface area contributed by atoms with Crippen LogP contribution < -0.4 is 5.32 Å². The van der Waals surface area contributed by atoms with E-state index in [2.05, 4.69) is 10.4 Å². The van der Waals surface area contributed by atoms with E-state index in [1.54, 1.807) is 17.8 Å². The molecular formula is C10H15N3O3S. The van der Waals surface area contributed by atoms with E-state index in [9.17, 15) is 9.59 Å². The van der Waals surface area contributed by atoms with Gasteiger partial charge < -0.3 is 10.4 Å². The number of carbonyl (C=O) groups excluding carboxylic acids is 1. The Labute approximate surface area is 103 Å². The number of hydrogen-bond donors (Lipinski definition) is 2. The molecule has 0 atom stereocenters. The Kier molecular flexibility index (Phi) is 5.02. The third kappa shape index (κ3) is 4.48. The Morgan fingerprint density at radius 1 is 1.59 bits per heavy atom. The first kappa shape index (κ1) is 13.6. The van der Waals surface area contributed by atoms with Crippen LogP contribution >= 0.6 is 11.8 Å². The van der Waals surface area contributed by atoms with Crippen LogP contribution in [-0.4, -0.2) is 44.8 Å². The van der Waals surface area contributed by atoms with Crippen molar-refractivity contribution in [3.05, 3.63) is 17.5 Å². The maximum absolute atomic E-state index is 11.6. The van der Waals surface area contributed by atoms with Crippen molar-refractivity contribution in [1.29, 1.82) is 0 Å². The zero-order chi connectivity index (χ0) is 12.8. The van der Waals surface area contributed by atoms with E-state index in [-0.39, 0.29) is 11.7 Å². The summed E-state index contributed by atoms with van der Waals surface area (Å²) in [5, 5.41) is 15.1. The van der Waals surface area contributed by atoms with E-state index < -0.39 is 5.97 Å². The molecule has 0 aliphatic carbocycles. The van der Waals surface area contributed by atoms with Crippen molar-refractivity contribution in [1.82, 2.24) is 15.1 Å². The van der Waals surface area contributed by atoms with Crippen molar-refractivity contribution in [2.24, 2.45) is 7.05 Å². The summed E-state index contributed by atoms with van der Waals surface area (Å²) >= 11 is 1.27. The van der Waals surface area contributed by atoms with Crippen molar-refractivity contribution in [3.63, 3.8) is 0 Å². The highest BCUT2D eigenvalue weighted by Crippen LogP contribution is 2.01. The van der Waals surface area contributed by atoms with Crippen molar-refractivity contribution in [2.75, 3.05) is 18.1 Å². The maximum Gasteiger partial charge on any atom is 0.313 e. The fourth-order valence-corrected chi connectivity index (χ4v) is 1.72. The van der Waals surface area contributed by atoms with Gasteiger partial charge in [-0.1, -0.05) is 0 Å². The zero-order valence-corrected chi connectivity index (χ0v) is 10.6. The van der Waals surface area contributed by atoms with Crippen LogP contribution in [0, 0.1) is 6.92 Å². The van der Waals surface area contributed by atoms with Crippen molar-refractivity contribution < 1.29 is 14.7 Å². The van der Waals surface area contributed by atoms with Crippen molar-refractivity contribution in [3.8, 4) is 0 Å². The molecule has 94 valence electrons. The van der Waals surface area contributed by atoms with Gasteiger partial charge >= 0.3 is 5.97 Å². The fourth-order valence-electron chi connectivity index (χ4n) is 1.16. The zero-order valence-electron chi connectivity index (χ0n) is 9.77. The molecule has 0 aromatic carbocycles. The SMILES string of the molecule is Cc1cc(C(=O)NCCSCC(=O)O)nn1C. The first-order valence-corrected chi connectivity index (χ1v) is 6.24. The predicted octanol–water partition coefficient (Wildman–Crippen LogP) is 0.276. The van der Waals surface area contributed by atoms with Gasteiger partial charge in [-0.2, -0.15) is 5.10 Å². The van der Waals surface area contributed by atoms with Gasteiger partial charge in [-0.3, -0.25) is 14.3 Å². The number of amides is 1. The van der Waals surface area contributed by atoms with Gasteiger partial charge in [-0.25, -0.2) is 0 Å². The highest BCUT2D eigenvalue weighted by atomic mass is 32.2. The number of aromatic nitrogens is 2. The van der Waals surface area contributed by atoms with Crippen LogP contribution in [0.2, 0.25) is 0 Å². The molecule has 1 aromatic heterocycles. The van der Waals surface area contributed by atoms with Crippen LogP contribution in [0.4, 0.5) is 0 Å². The lowest BCUT2D eigenvalue weighted by molar-refractivity contribution is -0.133. The van der Waals surface area contributed by atoms with Gasteiger partial charge in [0, 0.05) is 25.0 Å². The number of carboxylic acids is 1. The van der Waals surface area contributed by atoms with E-state index in [1.165, 1.54) is 11.8 Å². The lowest BCUT2D eigenvalue weighted by Gasteiger charge is -2.01. The number of nitrogens with zero attached hydrogens (tertiary/aromatic N) is 2. The van der Waals surface area contributed by atoms with Crippen molar-refractivity contribution >= 4 is 23.6 Å². The van der Waals surface area contributed by atoms with Crippen LogP contribution in [0.5, 0.6) is 0 Å². The van der Waals surface area contributed by atoms with Gasteiger partial charge in [-0.15, -0.1) is 11.8 Å². The molecule has 0 spiro atoms. The molecule has 6 nitrogen and oxygen atoms in total. The van der Waals surface area contributed by atoms with Crippen LogP contribution in [0.3, 0.4) is 0 Å². The lowest BCUT2D eigenvalue weighted by atomic mass is 10.3. The summed E-state index contributed by atoms with van der Waals surface area (Å²) < 4.78 is 1.63. The Balaban J connectivity index is 2.28. The number of nitrogens with one attached hydrogen (secondary N) is 1. The van der Waals surface area contributed by atoms with Gasteiger partial charge in [0.1, 0.15) is 5.69 Å². The largest absolute Gasteiger partial charge is 0.481 e. The molecule has 7 heteroatoms. The quantitative estimate of drug-likeness (QED) is 0.715. The van der Waals surface area contributed by atoms with Gasteiger partial charge in [0.2, 0.25) is 0 Å².